The molecule has 0 amide bonds. The van der Waals surface area contributed by atoms with Crippen LogP contribution in [0.3, 0.4) is 0 Å². The summed E-state index contributed by atoms with van der Waals surface area (Å²) in [5, 5.41) is 11.9. The first-order valence-corrected chi connectivity index (χ1v) is 6.76. The van der Waals surface area contributed by atoms with E-state index >= 15 is 0 Å². The molecule has 2 aromatic carbocycles. The first kappa shape index (κ1) is 13.4. The summed E-state index contributed by atoms with van der Waals surface area (Å²) in [4.78, 5) is 10.9. The molecule has 0 fully saturated rings. The molecule has 2 aromatic rings. The van der Waals surface area contributed by atoms with Gasteiger partial charge in [-0.3, -0.25) is 0 Å². The van der Waals surface area contributed by atoms with Crippen LogP contribution in [-0.2, 0) is 12.8 Å². The Labute approximate surface area is 121 Å². The molecular weight excluding hydrogens is 271 g/mol. The van der Waals surface area contributed by atoms with E-state index in [2.05, 4.69) is 11.4 Å². The first-order valence-electron chi connectivity index (χ1n) is 6.76. The van der Waals surface area contributed by atoms with Crippen LogP contribution in [0.2, 0.25) is 0 Å². The molecule has 0 unspecified atom stereocenters. The van der Waals surface area contributed by atoms with Crippen molar-refractivity contribution in [1.29, 1.82) is 0 Å². The second-order valence-electron chi connectivity index (χ2n) is 5.19. The van der Waals surface area contributed by atoms with Gasteiger partial charge >= 0.3 is 5.97 Å². The summed E-state index contributed by atoms with van der Waals surface area (Å²) in [6, 6.07) is 8.26. The Hall–Kier alpha value is -2.56. The highest BCUT2D eigenvalue weighted by Gasteiger charge is 2.15. The minimum absolute atomic E-state index is 0.203. The standard InChI is InChI=1S/C16H15FN2O2/c17-13-8-15(14(18)7-12(13)16(20)21)19-11-5-4-9-2-1-3-10(9)6-11/h4-8,19H,1-3,18H2,(H,20,21). The summed E-state index contributed by atoms with van der Waals surface area (Å²) in [6.07, 6.45) is 3.30. The molecule has 21 heavy (non-hydrogen) atoms. The van der Waals surface area contributed by atoms with Crippen molar-refractivity contribution in [1.82, 2.24) is 0 Å². The van der Waals surface area contributed by atoms with Crippen LogP contribution in [0, 0.1) is 5.82 Å². The van der Waals surface area contributed by atoms with E-state index in [1.54, 1.807) is 0 Å². The molecule has 0 bridgehead atoms. The highest BCUT2D eigenvalue weighted by molar-refractivity contribution is 5.91. The van der Waals surface area contributed by atoms with Gasteiger partial charge in [0.05, 0.1) is 16.9 Å². The number of fused-ring (bicyclic) bond motifs is 1. The smallest absolute Gasteiger partial charge is 0.338 e. The van der Waals surface area contributed by atoms with Crippen molar-refractivity contribution in [2.75, 3.05) is 11.1 Å². The Bertz CT molecular complexity index is 728. The predicted molar refractivity (Wildman–Crippen MR) is 79.5 cm³/mol. The number of carboxylic acids is 1. The molecule has 1 aliphatic rings. The summed E-state index contributed by atoms with van der Waals surface area (Å²) in [7, 11) is 0. The number of halogens is 1. The van der Waals surface area contributed by atoms with E-state index in [1.165, 1.54) is 11.1 Å². The molecule has 4 N–H and O–H groups in total. The predicted octanol–water partition coefficient (Wildman–Crippen LogP) is 3.34. The van der Waals surface area contributed by atoms with Crippen LogP contribution < -0.4 is 11.1 Å². The fourth-order valence-corrected chi connectivity index (χ4v) is 2.67. The van der Waals surface area contributed by atoms with Gasteiger partial charge in [-0.15, -0.1) is 0 Å². The molecule has 1 aliphatic carbocycles. The zero-order valence-electron chi connectivity index (χ0n) is 11.3. The van der Waals surface area contributed by atoms with Crippen LogP contribution in [0.1, 0.15) is 27.9 Å². The molecule has 5 heteroatoms. The lowest BCUT2D eigenvalue weighted by atomic mass is 10.1. The zero-order valence-corrected chi connectivity index (χ0v) is 11.3. The second-order valence-corrected chi connectivity index (χ2v) is 5.19. The third kappa shape index (κ3) is 2.54. The van der Waals surface area contributed by atoms with Gasteiger partial charge in [-0.05, 0) is 48.6 Å². The number of carbonyl (C=O) groups is 1. The molecular formula is C16H15FN2O2. The molecule has 0 aliphatic heterocycles. The molecule has 3 rings (SSSR count). The van der Waals surface area contributed by atoms with E-state index in [9.17, 15) is 9.18 Å². The Morgan fingerprint density at radius 2 is 1.95 bits per heavy atom. The summed E-state index contributed by atoms with van der Waals surface area (Å²) in [5.74, 6) is -2.14. The Morgan fingerprint density at radius 3 is 2.71 bits per heavy atom. The molecule has 0 saturated carbocycles. The Balaban J connectivity index is 1.91. The highest BCUT2D eigenvalue weighted by atomic mass is 19.1. The number of aromatic carboxylic acids is 1. The van der Waals surface area contributed by atoms with Crippen molar-refractivity contribution in [3.05, 3.63) is 52.8 Å². The van der Waals surface area contributed by atoms with Gasteiger partial charge in [0.2, 0.25) is 0 Å². The van der Waals surface area contributed by atoms with Gasteiger partial charge in [-0.2, -0.15) is 0 Å². The number of nitrogens with one attached hydrogen (secondary N) is 1. The number of anilines is 3. The third-order valence-corrected chi connectivity index (χ3v) is 3.75. The maximum Gasteiger partial charge on any atom is 0.338 e. The molecule has 0 atom stereocenters. The minimum atomic E-state index is -1.33. The first-order chi connectivity index (χ1) is 10.0. The lowest BCUT2D eigenvalue weighted by Gasteiger charge is -2.12. The second kappa shape index (κ2) is 5.09. The number of aryl methyl sites for hydroxylation is 2. The minimum Gasteiger partial charge on any atom is -0.478 e. The number of hydrogen-bond donors (Lipinski definition) is 3. The topological polar surface area (TPSA) is 75.4 Å². The monoisotopic (exact) mass is 286 g/mol. The van der Waals surface area contributed by atoms with Crippen LogP contribution in [0.25, 0.3) is 0 Å². The Morgan fingerprint density at radius 1 is 1.19 bits per heavy atom. The van der Waals surface area contributed by atoms with E-state index < -0.39 is 17.3 Å². The van der Waals surface area contributed by atoms with Crippen molar-refractivity contribution in [3.63, 3.8) is 0 Å². The number of benzene rings is 2. The van der Waals surface area contributed by atoms with E-state index in [4.69, 9.17) is 10.8 Å². The summed E-state index contributed by atoms with van der Waals surface area (Å²) >= 11 is 0. The average molecular weight is 286 g/mol. The van der Waals surface area contributed by atoms with Crippen LogP contribution in [-0.4, -0.2) is 11.1 Å². The number of hydrogen-bond acceptors (Lipinski definition) is 3. The van der Waals surface area contributed by atoms with E-state index in [0.29, 0.717) is 5.69 Å². The normalized spacial score (nSPS) is 13.0. The van der Waals surface area contributed by atoms with E-state index in [-0.39, 0.29) is 5.69 Å². The SMILES string of the molecule is Nc1cc(C(=O)O)c(F)cc1Nc1ccc2c(c1)CCC2. The van der Waals surface area contributed by atoms with Gasteiger partial charge in [0.1, 0.15) is 5.82 Å². The van der Waals surface area contributed by atoms with Gasteiger partial charge < -0.3 is 16.2 Å². The van der Waals surface area contributed by atoms with Gasteiger partial charge in [0, 0.05) is 11.8 Å². The van der Waals surface area contributed by atoms with Crippen molar-refractivity contribution < 1.29 is 14.3 Å². The fraction of sp³-hybridized carbons (Fsp3) is 0.188. The Kier molecular flexibility index (Phi) is 3.25. The van der Waals surface area contributed by atoms with Crippen LogP contribution >= 0.6 is 0 Å². The van der Waals surface area contributed by atoms with Crippen LogP contribution in [0.15, 0.2) is 30.3 Å². The molecule has 0 heterocycles. The van der Waals surface area contributed by atoms with Crippen LogP contribution in [0.4, 0.5) is 21.5 Å². The number of nitrogens with two attached hydrogens (primary N) is 1. The van der Waals surface area contributed by atoms with Gasteiger partial charge in [0.15, 0.2) is 0 Å². The molecule has 0 radical (unpaired) electrons. The fourth-order valence-electron chi connectivity index (χ4n) is 2.67. The zero-order chi connectivity index (χ0) is 15.0. The van der Waals surface area contributed by atoms with Gasteiger partial charge in [-0.1, -0.05) is 6.07 Å². The molecule has 0 aromatic heterocycles. The largest absolute Gasteiger partial charge is 0.478 e. The lowest BCUT2D eigenvalue weighted by molar-refractivity contribution is 0.0692. The van der Waals surface area contributed by atoms with E-state index in [1.807, 2.05) is 12.1 Å². The average Bonchev–Trinajstić information content (AvgIpc) is 2.89. The number of carboxylic acid groups (broad SMARTS) is 1. The number of rotatable bonds is 3. The molecule has 0 saturated heterocycles. The van der Waals surface area contributed by atoms with Crippen LogP contribution in [0.5, 0.6) is 0 Å². The summed E-state index contributed by atoms with van der Waals surface area (Å²) in [5.41, 5.74) is 9.41. The lowest BCUT2D eigenvalue weighted by Crippen LogP contribution is -2.05. The molecule has 0 spiro atoms. The maximum absolute atomic E-state index is 13.7. The van der Waals surface area contributed by atoms with Gasteiger partial charge in [-0.25, -0.2) is 9.18 Å². The van der Waals surface area contributed by atoms with Crippen molar-refractivity contribution in [2.45, 2.75) is 19.3 Å². The van der Waals surface area contributed by atoms with Crippen molar-refractivity contribution in [2.24, 2.45) is 0 Å². The summed E-state index contributed by atoms with van der Waals surface area (Å²) in [6.45, 7) is 0. The van der Waals surface area contributed by atoms with Crippen molar-refractivity contribution in [3.8, 4) is 0 Å². The van der Waals surface area contributed by atoms with E-state index in [0.717, 1.165) is 37.1 Å². The number of nitrogen functional groups attached to an aromatic ring is 1. The highest BCUT2D eigenvalue weighted by Crippen LogP contribution is 2.30. The maximum atomic E-state index is 13.7. The summed E-state index contributed by atoms with van der Waals surface area (Å²) < 4.78 is 13.7. The third-order valence-electron chi connectivity index (χ3n) is 3.75. The molecule has 108 valence electrons. The van der Waals surface area contributed by atoms with Crippen molar-refractivity contribution >= 4 is 23.0 Å². The molecule has 4 nitrogen and oxygen atoms in total. The quantitative estimate of drug-likeness (QED) is 0.756. The van der Waals surface area contributed by atoms with Gasteiger partial charge in [0.25, 0.3) is 0 Å².